The number of hydrogen-bond donors (Lipinski definition) is 3. The molecule has 0 radical (unpaired) electrons. The van der Waals surface area contributed by atoms with Gasteiger partial charge in [0.05, 0.1) is 16.9 Å². The van der Waals surface area contributed by atoms with Crippen molar-refractivity contribution in [3.8, 4) is 5.75 Å². The number of carboxylic acids is 1. The van der Waals surface area contributed by atoms with Gasteiger partial charge in [-0.2, -0.15) is 0 Å². The number of imide groups is 1. The molecule has 2 aromatic carbocycles. The standard InChI is InChI=1S/C20H18N2O6S/c1-10-3-4-11(2)15(7-10)22-18(25)16(29-20(22)28)9-17(24)21-14-6-5-12(23)8-13(14)19(26)27/h3-8,16,23H,9H2,1-2H3,(H,21,24)(H,26,27). The van der Waals surface area contributed by atoms with Crippen LogP contribution in [0.1, 0.15) is 27.9 Å². The summed E-state index contributed by atoms with van der Waals surface area (Å²) in [6.45, 7) is 3.64. The molecule has 3 rings (SSSR count). The zero-order valence-electron chi connectivity index (χ0n) is 15.6. The molecule has 1 aliphatic heterocycles. The lowest BCUT2D eigenvalue weighted by Gasteiger charge is -2.17. The van der Waals surface area contributed by atoms with E-state index in [-0.39, 0.29) is 23.4 Å². The van der Waals surface area contributed by atoms with Gasteiger partial charge in [-0.3, -0.25) is 14.4 Å². The Morgan fingerprint density at radius 1 is 1.14 bits per heavy atom. The molecule has 150 valence electrons. The number of aromatic carboxylic acids is 1. The second kappa shape index (κ2) is 7.96. The van der Waals surface area contributed by atoms with Crippen LogP contribution >= 0.6 is 11.8 Å². The Kier molecular flexibility index (Phi) is 5.60. The Hall–Kier alpha value is -3.33. The maximum atomic E-state index is 12.8. The molecule has 3 N–H and O–H groups in total. The van der Waals surface area contributed by atoms with Gasteiger partial charge in [-0.1, -0.05) is 12.1 Å². The summed E-state index contributed by atoms with van der Waals surface area (Å²) in [4.78, 5) is 49.9. The summed E-state index contributed by atoms with van der Waals surface area (Å²) in [6, 6.07) is 8.94. The van der Waals surface area contributed by atoms with Gasteiger partial charge in [0.1, 0.15) is 11.0 Å². The molecule has 1 aliphatic rings. The zero-order chi connectivity index (χ0) is 21.3. The highest BCUT2D eigenvalue weighted by atomic mass is 32.2. The number of benzene rings is 2. The molecule has 8 nitrogen and oxygen atoms in total. The number of carbonyl (C=O) groups excluding carboxylic acids is 3. The van der Waals surface area contributed by atoms with E-state index in [9.17, 15) is 29.4 Å². The van der Waals surface area contributed by atoms with Crippen LogP contribution in [0.3, 0.4) is 0 Å². The predicted molar refractivity (Wildman–Crippen MR) is 108 cm³/mol. The first-order valence-electron chi connectivity index (χ1n) is 8.65. The van der Waals surface area contributed by atoms with E-state index in [2.05, 4.69) is 5.32 Å². The topological polar surface area (TPSA) is 124 Å². The van der Waals surface area contributed by atoms with Crippen LogP contribution in [-0.2, 0) is 9.59 Å². The van der Waals surface area contributed by atoms with Crippen LogP contribution in [0.25, 0.3) is 0 Å². The van der Waals surface area contributed by atoms with Crippen molar-refractivity contribution in [2.24, 2.45) is 0 Å². The van der Waals surface area contributed by atoms with Gasteiger partial charge in [-0.05, 0) is 61.0 Å². The number of nitrogens with one attached hydrogen (secondary N) is 1. The van der Waals surface area contributed by atoms with Gasteiger partial charge in [0.15, 0.2) is 0 Å². The van der Waals surface area contributed by atoms with Crippen LogP contribution in [0.4, 0.5) is 16.2 Å². The Morgan fingerprint density at radius 3 is 2.55 bits per heavy atom. The number of carbonyl (C=O) groups is 4. The number of amides is 3. The van der Waals surface area contributed by atoms with Crippen molar-refractivity contribution >= 4 is 46.2 Å². The highest BCUT2D eigenvalue weighted by Gasteiger charge is 2.42. The van der Waals surface area contributed by atoms with Gasteiger partial charge < -0.3 is 15.5 Å². The number of rotatable bonds is 5. The average molecular weight is 414 g/mol. The highest BCUT2D eigenvalue weighted by molar-refractivity contribution is 8.15. The Bertz CT molecular complexity index is 1040. The monoisotopic (exact) mass is 414 g/mol. The van der Waals surface area contributed by atoms with E-state index in [0.29, 0.717) is 5.69 Å². The molecule has 0 spiro atoms. The molecule has 2 aromatic rings. The normalized spacial score (nSPS) is 16.2. The molecule has 1 unspecified atom stereocenters. The van der Waals surface area contributed by atoms with Gasteiger partial charge in [0, 0.05) is 6.42 Å². The van der Waals surface area contributed by atoms with E-state index in [0.717, 1.165) is 33.9 Å². The third-order valence-electron chi connectivity index (χ3n) is 4.41. The minimum atomic E-state index is -1.32. The fraction of sp³-hybridized carbons (Fsp3) is 0.200. The van der Waals surface area contributed by atoms with Gasteiger partial charge in [-0.25, -0.2) is 9.69 Å². The molecule has 0 aliphatic carbocycles. The van der Waals surface area contributed by atoms with Crippen LogP contribution in [0, 0.1) is 13.8 Å². The van der Waals surface area contributed by atoms with Gasteiger partial charge in [0.25, 0.3) is 5.24 Å². The SMILES string of the molecule is Cc1ccc(C)c(N2C(=O)SC(CC(=O)Nc3ccc(O)cc3C(=O)O)C2=O)c1. The summed E-state index contributed by atoms with van der Waals surface area (Å²) < 4.78 is 0. The summed E-state index contributed by atoms with van der Waals surface area (Å²) in [5.74, 6) is -2.68. The third kappa shape index (κ3) is 4.24. The number of phenolic OH excluding ortho intramolecular Hbond substituents is 1. The van der Waals surface area contributed by atoms with E-state index >= 15 is 0 Å². The molecule has 0 aromatic heterocycles. The van der Waals surface area contributed by atoms with Crippen LogP contribution in [0.2, 0.25) is 0 Å². The number of aromatic hydroxyl groups is 1. The number of phenols is 1. The van der Waals surface area contributed by atoms with Crippen molar-refractivity contribution < 1.29 is 29.4 Å². The van der Waals surface area contributed by atoms with Crippen LogP contribution < -0.4 is 10.2 Å². The number of thioether (sulfide) groups is 1. The summed E-state index contributed by atoms with van der Waals surface area (Å²) in [7, 11) is 0. The van der Waals surface area contributed by atoms with E-state index < -0.39 is 28.3 Å². The molecule has 1 saturated heterocycles. The smallest absolute Gasteiger partial charge is 0.337 e. The molecule has 0 saturated carbocycles. The number of hydrogen-bond acceptors (Lipinski definition) is 6. The first-order chi connectivity index (χ1) is 13.7. The second-order valence-electron chi connectivity index (χ2n) is 6.62. The summed E-state index contributed by atoms with van der Waals surface area (Å²) in [6.07, 6.45) is -0.295. The van der Waals surface area contributed by atoms with Crippen molar-refractivity contribution in [1.82, 2.24) is 0 Å². The molecule has 3 amide bonds. The lowest BCUT2D eigenvalue weighted by atomic mass is 10.1. The lowest BCUT2D eigenvalue weighted by Crippen LogP contribution is -2.33. The van der Waals surface area contributed by atoms with E-state index in [1.54, 1.807) is 13.0 Å². The quantitative estimate of drug-likeness (QED) is 0.641. The van der Waals surface area contributed by atoms with E-state index in [1.807, 2.05) is 19.1 Å². The molecule has 1 heterocycles. The summed E-state index contributed by atoms with van der Waals surface area (Å²) in [5.41, 5.74) is 1.86. The van der Waals surface area contributed by atoms with Gasteiger partial charge >= 0.3 is 5.97 Å². The molecule has 29 heavy (non-hydrogen) atoms. The molecule has 1 atom stereocenters. The fourth-order valence-corrected chi connectivity index (χ4v) is 3.93. The Labute approximate surface area is 170 Å². The Morgan fingerprint density at radius 2 is 1.86 bits per heavy atom. The van der Waals surface area contributed by atoms with Crippen molar-refractivity contribution in [3.05, 3.63) is 53.1 Å². The average Bonchev–Trinajstić information content (AvgIpc) is 2.92. The summed E-state index contributed by atoms with van der Waals surface area (Å²) >= 11 is 0.763. The van der Waals surface area contributed by atoms with Gasteiger partial charge in [-0.15, -0.1) is 0 Å². The predicted octanol–water partition coefficient (Wildman–Crippen LogP) is 3.30. The van der Waals surface area contributed by atoms with Crippen molar-refractivity contribution in [2.45, 2.75) is 25.5 Å². The number of nitrogens with zero attached hydrogens (tertiary/aromatic N) is 1. The molecule has 9 heteroatoms. The highest BCUT2D eigenvalue weighted by Crippen LogP contribution is 2.35. The van der Waals surface area contributed by atoms with Crippen LogP contribution in [0.15, 0.2) is 36.4 Å². The number of carboxylic acid groups (broad SMARTS) is 1. The van der Waals surface area contributed by atoms with Crippen molar-refractivity contribution in [3.63, 3.8) is 0 Å². The maximum absolute atomic E-state index is 12.8. The minimum Gasteiger partial charge on any atom is -0.508 e. The molecule has 0 bridgehead atoms. The van der Waals surface area contributed by atoms with Crippen molar-refractivity contribution in [1.29, 1.82) is 0 Å². The lowest BCUT2D eigenvalue weighted by molar-refractivity contribution is -0.121. The third-order valence-corrected chi connectivity index (χ3v) is 5.44. The first-order valence-corrected chi connectivity index (χ1v) is 9.53. The second-order valence-corrected chi connectivity index (χ2v) is 7.78. The Balaban J connectivity index is 1.76. The molecular formula is C20H18N2O6S. The van der Waals surface area contributed by atoms with E-state index in [4.69, 9.17) is 0 Å². The first kappa shape index (κ1) is 20.4. The minimum absolute atomic E-state index is 0.00606. The molecule has 1 fully saturated rings. The van der Waals surface area contributed by atoms with Gasteiger partial charge in [0.2, 0.25) is 11.8 Å². The summed E-state index contributed by atoms with van der Waals surface area (Å²) in [5, 5.41) is 19.7. The largest absolute Gasteiger partial charge is 0.508 e. The number of aryl methyl sites for hydroxylation is 2. The molecular weight excluding hydrogens is 396 g/mol. The van der Waals surface area contributed by atoms with E-state index in [1.165, 1.54) is 12.1 Å². The number of anilines is 2. The van der Waals surface area contributed by atoms with Crippen molar-refractivity contribution in [2.75, 3.05) is 10.2 Å². The fourth-order valence-electron chi connectivity index (χ4n) is 2.95. The van der Waals surface area contributed by atoms with Crippen LogP contribution in [-0.4, -0.2) is 38.5 Å². The van der Waals surface area contributed by atoms with Crippen LogP contribution in [0.5, 0.6) is 5.75 Å². The maximum Gasteiger partial charge on any atom is 0.337 e. The zero-order valence-corrected chi connectivity index (χ0v) is 16.4.